The van der Waals surface area contributed by atoms with Crippen molar-refractivity contribution in [2.75, 3.05) is 13.2 Å². The molecule has 0 aliphatic heterocycles. The van der Waals surface area contributed by atoms with Crippen LogP contribution in [0.1, 0.15) is 22.7 Å². The molecule has 0 fully saturated rings. The zero-order chi connectivity index (χ0) is 19.5. The fourth-order valence-corrected chi connectivity index (χ4v) is 3.79. The Kier molecular flexibility index (Phi) is 5.17. The van der Waals surface area contributed by atoms with Crippen LogP contribution in [0.15, 0.2) is 60.8 Å². The van der Waals surface area contributed by atoms with Crippen LogP contribution in [0.3, 0.4) is 0 Å². The van der Waals surface area contributed by atoms with Gasteiger partial charge in [0.15, 0.2) is 0 Å². The van der Waals surface area contributed by atoms with E-state index in [1.165, 1.54) is 22.3 Å². The van der Waals surface area contributed by atoms with Crippen LogP contribution < -0.4 is 5.32 Å². The number of aromatic nitrogens is 2. The number of carbonyl (C=O) groups is 1. The summed E-state index contributed by atoms with van der Waals surface area (Å²) >= 11 is 6.04. The molecule has 1 amide bonds. The second kappa shape index (κ2) is 7.90. The lowest BCUT2D eigenvalue weighted by Gasteiger charge is -2.14. The molecular formula is C22H20ClN3O2. The Hall–Kier alpha value is -3.05. The Bertz CT molecular complexity index is 996. The van der Waals surface area contributed by atoms with Crippen LogP contribution in [0.4, 0.5) is 4.79 Å². The van der Waals surface area contributed by atoms with Gasteiger partial charge >= 0.3 is 6.09 Å². The predicted molar refractivity (Wildman–Crippen MR) is 110 cm³/mol. The molecular weight excluding hydrogens is 374 g/mol. The number of hydrogen-bond acceptors (Lipinski definition) is 3. The number of rotatable bonds is 5. The van der Waals surface area contributed by atoms with E-state index in [-0.39, 0.29) is 5.92 Å². The number of hydrogen-bond donors (Lipinski definition) is 1. The summed E-state index contributed by atoms with van der Waals surface area (Å²) in [5.41, 5.74) is 5.48. The Morgan fingerprint density at radius 3 is 2.43 bits per heavy atom. The van der Waals surface area contributed by atoms with E-state index in [2.05, 4.69) is 34.7 Å². The van der Waals surface area contributed by atoms with Crippen molar-refractivity contribution in [2.45, 2.75) is 5.92 Å². The van der Waals surface area contributed by atoms with Gasteiger partial charge in [0, 0.05) is 25.7 Å². The highest BCUT2D eigenvalue weighted by Crippen LogP contribution is 2.44. The minimum Gasteiger partial charge on any atom is -0.449 e. The Balaban J connectivity index is 1.34. The highest BCUT2D eigenvalue weighted by atomic mass is 35.5. The molecule has 1 aromatic heterocycles. The first kappa shape index (κ1) is 18.3. The Morgan fingerprint density at radius 1 is 1.18 bits per heavy atom. The SMILES string of the molecule is Cn1cc(Cl)c(C=CCNC(=O)OCC2c3ccccc3-c3ccccc32)n1. The minimum absolute atomic E-state index is 0.0565. The molecule has 1 heterocycles. The zero-order valence-corrected chi connectivity index (χ0v) is 16.2. The summed E-state index contributed by atoms with van der Waals surface area (Å²) in [6, 6.07) is 16.5. The first-order chi connectivity index (χ1) is 13.6. The van der Waals surface area contributed by atoms with Gasteiger partial charge < -0.3 is 10.1 Å². The van der Waals surface area contributed by atoms with E-state index >= 15 is 0 Å². The third-order valence-electron chi connectivity index (χ3n) is 4.79. The molecule has 1 N–H and O–H groups in total. The molecule has 0 radical (unpaired) electrons. The average Bonchev–Trinajstić information content (AvgIpc) is 3.20. The number of alkyl carbamates (subject to hydrolysis) is 1. The fraction of sp³-hybridized carbons (Fsp3) is 0.182. The molecule has 0 unspecified atom stereocenters. The number of carbonyl (C=O) groups excluding carboxylic acids is 1. The van der Waals surface area contributed by atoms with Gasteiger partial charge in [-0.15, -0.1) is 0 Å². The van der Waals surface area contributed by atoms with Gasteiger partial charge in [0.25, 0.3) is 0 Å². The molecule has 5 nitrogen and oxygen atoms in total. The third-order valence-corrected chi connectivity index (χ3v) is 5.09. The number of amides is 1. The van der Waals surface area contributed by atoms with Crippen LogP contribution in [-0.4, -0.2) is 29.0 Å². The molecule has 0 saturated heterocycles. The monoisotopic (exact) mass is 393 g/mol. The lowest BCUT2D eigenvalue weighted by atomic mass is 9.98. The van der Waals surface area contributed by atoms with Crippen molar-refractivity contribution in [1.82, 2.24) is 15.1 Å². The van der Waals surface area contributed by atoms with Crippen LogP contribution in [0.25, 0.3) is 17.2 Å². The first-order valence-electron chi connectivity index (χ1n) is 9.08. The summed E-state index contributed by atoms with van der Waals surface area (Å²) in [4.78, 5) is 12.1. The van der Waals surface area contributed by atoms with Gasteiger partial charge in [-0.25, -0.2) is 4.79 Å². The standard InChI is InChI=1S/C22H20ClN3O2/c1-26-13-20(23)21(25-26)11-6-12-24-22(27)28-14-19-17-9-4-2-7-15(17)16-8-3-5-10-18(16)19/h2-11,13,19H,12,14H2,1H3,(H,24,27). The second-order valence-corrected chi connectivity index (χ2v) is 7.05. The normalized spacial score (nSPS) is 12.8. The van der Waals surface area contributed by atoms with Gasteiger partial charge in [0.1, 0.15) is 12.3 Å². The van der Waals surface area contributed by atoms with E-state index in [1.807, 2.05) is 24.3 Å². The fourth-order valence-electron chi connectivity index (χ4n) is 3.55. The molecule has 28 heavy (non-hydrogen) atoms. The lowest BCUT2D eigenvalue weighted by Crippen LogP contribution is -2.26. The highest BCUT2D eigenvalue weighted by Gasteiger charge is 2.28. The van der Waals surface area contributed by atoms with E-state index in [0.717, 1.165) is 0 Å². The largest absolute Gasteiger partial charge is 0.449 e. The molecule has 0 bridgehead atoms. The molecule has 1 aliphatic rings. The van der Waals surface area contributed by atoms with Crippen molar-refractivity contribution in [2.24, 2.45) is 7.05 Å². The maximum atomic E-state index is 12.1. The molecule has 0 atom stereocenters. The second-order valence-electron chi connectivity index (χ2n) is 6.64. The van der Waals surface area contributed by atoms with Crippen molar-refractivity contribution in [3.63, 3.8) is 0 Å². The number of aryl methyl sites for hydroxylation is 1. The van der Waals surface area contributed by atoms with E-state index in [0.29, 0.717) is 23.9 Å². The van der Waals surface area contributed by atoms with Gasteiger partial charge in [-0.05, 0) is 28.3 Å². The summed E-state index contributed by atoms with van der Waals surface area (Å²) in [5.74, 6) is 0.0565. The maximum Gasteiger partial charge on any atom is 0.407 e. The minimum atomic E-state index is -0.446. The van der Waals surface area contributed by atoms with Gasteiger partial charge in [-0.2, -0.15) is 5.10 Å². The van der Waals surface area contributed by atoms with Crippen molar-refractivity contribution < 1.29 is 9.53 Å². The molecule has 0 spiro atoms. The van der Waals surface area contributed by atoms with Gasteiger partial charge in [-0.3, -0.25) is 4.68 Å². The first-order valence-corrected chi connectivity index (χ1v) is 9.46. The van der Waals surface area contributed by atoms with Gasteiger partial charge in [-0.1, -0.05) is 66.2 Å². The van der Waals surface area contributed by atoms with Crippen molar-refractivity contribution >= 4 is 23.8 Å². The molecule has 0 saturated carbocycles. The summed E-state index contributed by atoms with van der Waals surface area (Å²) in [6.45, 7) is 0.638. The smallest absolute Gasteiger partial charge is 0.407 e. The van der Waals surface area contributed by atoms with Crippen LogP contribution in [0.2, 0.25) is 5.02 Å². The topological polar surface area (TPSA) is 56.2 Å². The molecule has 1 aliphatic carbocycles. The molecule has 6 heteroatoms. The highest BCUT2D eigenvalue weighted by molar-refractivity contribution is 6.31. The van der Waals surface area contributed by atoms with E-state index < -0.39 is 6.09 Å². The van der Waals surface area contributed by atoms with E-state index in [1.54, 1.807) is 30.1 Å². The molecule has 142 valence electrons. The predicted octanol–water partition coefficient (Wildman–Crippen LogP) is 4.63. The van der Waals surface area contributed by atoms with Crippen LogP contribution >= 0.6 is 11.6 Å². The average molecular weight is 394 g/mol. The van der Waals surface area contributed by atoms with Crippen molar-refractivity contribution in [1.29, 1.82) is 0 Å². The number of ether oxygens (including phenoxy) is 1. The Labute approximate surface area is 168 Å². The summed E-state index contributed by atoms with van der Waals surface area (Å²) < 4.78 is 7.13. The number of benzene rings is 2. The molecule has 2 aromatic carbocycles. The lowest BCUT2D eigenvalue weighted by molar-refractivity contribution is 0.144. The quantitative estimate of drug-likeness (QED) is 0.687. The summed E-state index contributed by atoms with van der Waals surface area (Å²) in [6.07, 6.45) is 4.83. The van der Waals surface area contributed by atoms with E-state index in [4.69, 9.17) is 16.3 Å². The van der Waals surface area contributed by atoms with Crippen molar-refractivity contribution in [3.05, 3.63) is 82.6 Å². The van der Waals surface area contributed by atoms with Gasteiger partial charge in [0.2, 0.25) is 0 Å². The van der Waals surface area contributed by atoms with Crippen molar-refractivity contribution in [3.8, 4) is 11.1 Å². The van der Waals surface area contributed by atoms with Gasteiger partial charge in [0.05, 0.1) is 5.02 Å². The Morgan fingerprint density at radius 2 is 1.82 bits per heavy atom. The maximum absolute atomic E-state index is 12.1. The van der Waals surface area contributed by atoms with E-state index in [9.17, 15) is 4.79 Å². The summed E-state index contributed by atoms with van der Waals surface area (Å²) in [7, 11) is 1.80. The molecule has 3 aromatic rings. The van der Waals surface area contributed by atoms with Crippen LogP contribution in [0, 0.1) is 0 Å². The number of halogens is 1. The zero-order valence-electron chi connectivity index (χ0n) is 15.4. The van der Waals surface area contributed by atoms with Crippen LogP contribution in [-0.2, 0) is 11.8 Å². The number of nitrogens with zero attached hydrogens (tertiary/aromatic N) is 2. The molecule has 4 rings (SSSR count). The number of nitrogens with one attached hydrogen (secondary N) is 1. The van der Waals surface area contributed by atoms with Crippen LogP contribution in [0.5, 0.6) is 0 Å². The summed E-state index contributed by atoms with van der Waals surface area (Å²) in [5, 5.41) is 7.51. The third kappa shape index (κ3) is 3.66. The number of fused-ring (bicyclic) bond motifs is 3.